The van der Waals surface area contributed by atoms with Crippen LogP contribution in [0.1, 0.15) is 24.8 Å². The number of nitrogens with one attached hydrogen (secondary N) is 1. The van der Waals surface area contributed by atoms with E-state index in [1.807, 2.05) is 48.5 Å². The number of nitrogens with two attached hydrogens (primary N) is 1. The van der Waals surface area contributed by atoms with Gasteiger partial charge in [-0.25, -0.2) is 0 Å². The van der Waals surface area contributed by atoms with Crippen LogP contribution in [-0.2, 0) is 4.79 Å². The van der Waals surface area contributed by atoms with Gasteiger partial charge in [0.2, 0.25) is 5.91 Å². The molecule has 2 heterocycles. The van der Waals surface area contributed by atoms with Crippen molar-refractivity contribution in [3.63, 3.8) is 0 Å². The molecule has 2 aliphatic rings. The first-order valence-electron chi connectivity index (χ1n) is 10.3. The smallest absolute Gasteiger partial charge is 0.239 e. The van der Waals surface area contributed by atoms with E-state index in [-0.39, 0.29) is 18.1 Å². The average molecular weight is 393 g/mol. The van der Waals surface area contributed by atoms with Gasteiger partial charge in [0, 0.05) is 50.6 Å². The Kier molecular flexibility index (Phi) is 5.81. The standard InChI is InChI=1S/C23H28N4O2/c1-27-11-3-2-10-25-15-20-19(8-5-9-21(20)24)16-6-4-7-17(12-16)29-18-13-22(23(27)28)26-14-18/h4-9,12,15,18,22,26H,2-3,10-11,13-14,24H2,1H3. The van der Waals surface area contributed by atoms with E-state index in [0.717, 1.165) is 41.8 Å². The quantitative estimate of drug-likeness (QED) is 0.676. The lowest BCUT2D eigenvalue weighted by molar-refractivity contribution is -0.131. The van der Waals surface area contributed by atoms with Gasteiger partial charge in [-0.3, -0.25) is 9.79 Å². The molecule has 0 aromatic heterocycles. The highest BCUT2D eigenvalue weighted by molar-refractivity contribution is 5.96. The number of ether oxygens (including phenoxy) is 1. The van der Waals surface area contributed by atoms with Crippen molar-refractivity contribution in [2.24, 2.45) is 4.99 Å². The third-order valence-corrected chi connectivity index (χ3v) is 5.60. The minimum absolute atomic E-state index is 0.0230. The monoisotopic (exact) mass is 392 g/mol. The molecule has 2 aromatic rings. The van der Waals surface area contributed by atoms with Crippen LogP contribution in [0, 0.1) is 0 Å². The Bertz CT molecular complexity index is 912. The van der Waals surface area contributed by atoms with Gasteiger partial charge >= 0.3 is 0 Å². The van der Waals surface area contributed by atoms with Crippen LogP contribution in [-0.4, -0.2) is 55.8 Å². The van der Waals surface area contributed by atoms with E-state index >= 15 is 0 Å². The van der Waals surface area contributed by atoms with E-state index in [9.17, 15) is 4.79 Å². The normalized spacial score (nSPS) is 22.7. The molecule has 2 aromatic carbocycles. The van der Waals surface area contributed by atoms with Gasteiger partial charge in [0.25, 0.3) is 0 Å². The Morgan fingerprint density at radius 3 is 2.97 bits per heavy atom. The molecule has 4 bridgehead atoms. The maximum absolute atomic E-state index is 12.7. The van der Waals surface area contributed by atoms with Gasteiger partial charge in [-0.05, 0) is 42.2 Å². The number of nitrogen functional groups attached to an aromatic ring is 1. The van der Waals surface area contributed by atoms with E-state index in [1.165, 1.54) is 0 Å². The fourth-order valence-corrected chi connectivity index (χ4v) is 3.97. The number of amides is 1. The minimum atomic E-state index is -0.178. The van der Waals surface area contributed by atoms with Gasteiger partial charge < -0.3 is 20.7 Å². The molecule has 2 unspecified atom stereocenters. The van der Waals surface area contributed by atoms with Crippen molar-refractivity contribution in [2.75, 3.05) is 32.4 Å². The Morgan fingerprint density at radius 2 is 2.07 bits per heavy atom. The summed E-state index contributed by atoms with van der Waals surface area (Å²) in [5.74, 6) is 0.934. The fourth-order valence-electron chi connectivity index (χ4n) is 3.97. The Balaban J connectivity index is 1.67. The number of aliphatic imine (C=N–C) groups is 1. The number of anilines is 1. The van der Waals surface area contributed by atoms with Crippen LogP contribution >= 0.6 is 0 Å². The first-order chi connectivity index (χ1) is 14.1. The lowest BCUT2D eigenvalue weighted by Gasteiger charge is -2.21. The van der Waals surface area contributed by atoms with Gasteiger partial charge in [-0.1, -0.05) is 24.3 Å². The number of likely N-dealkylation sites (N-methyl/N-ethyl adjacent to an activating group) is 1. The van der Waals surface area contributed by atoms with Gasteiger partial charge in [-0.15, -0.1) is 0 Å². The maximum Gasteiger partial charge on any atom is 0.239 e. The molecule has 6 heteroatoms. The van der Waals surface area contributed by atoms with Gasteiger partial charge in [-0.2, -0.15) is 0 Å². The average Bonchev–Trinajstić information content (AvgIpc) is 3.18. The summed E-state index contributed by atoms with van der Waals surface area (Å²) >= 11 is 0. The second-order valence-corrected chi connectivity index (χ2v) is 7.77. The Morgan fingerprint density at radius 1 is 1.21 bits per heavy atom. The molecule has 4 rings (SSSR count). The molecule has 1 saturated heterocycles. The number of carbonyl (C=O) groups is 1. The van der Waals surface area contributed by atoms with Crippen LogP contribution in [0.5, 0.6) is 5.75 Å². The summed E-state index contributed by atoms with van der Waals surface area (Å²) in [5, 5.41) is 3.32. The first-order valence-corrected chi connectivity index (χ1v) is 10.3. The molecule has 3 N–H and O–H groups in total. The molecule has 0 saturated carbocycles. The number of carbonyl (C=O) groups excluding carboxylic acids is 1. The molecule has 152 valence electrons. The van der Waals surface area contributed by atoms with E-state index in [2.05, 4.69) is 22.4 Å². The summed E-state index contributed by atoms with van der Waals surface area (Å²) in [6, 6.07) is 13.8. The van der Waals surface area contributed by atoms with Gasteiger partial charge in [0.15, 0.2) is 0 Å². The molecule has 1 fully saturated rings. The summed E-state index contributed by atoms with van der Waals surface area (Å²) in [6.07, 6.45) is 4.38. The van der Waals surface area contributed by atoms with Gasteiger partial charge in [0.1, 0.15) is 11.9 Å². The molecule has 2 aliphatic heterocycles. The van der Waals surface area contributed by atoms with Crippen molar-refractivity contribution in [3.8, 4) is 16.9 Å². The number of rotatable bonds is 0. The summed E-state index contributed by atoms with van der Waals surface area (Å²) in [6.45, 7) is 2.12. The van der Waals surface area contributed by atoms with Crippen LogP contribution in [0.25, 0.3) is 11.1 Å². The SMILES string of the molecule is CN1CCCCN=Cc2c(N)cccc2-c2cccc(c2)OC2CNC(C2)C1=O. The van der Waals surface area contributed by atoms with E-state index < -0.39 is 0 Å². The van der Waals surface area contributed by atoms with Crippen molar-refractivity contribution in [3.05, 3.63) is 48.0 Å². The molecule has 0 spiro atoms. The summed E-state index contributed by atoms with van der Waals surface area (Å²) in [7, 11) is 1.87. The second kappa shape index (κ2) is 8.66. The number of benzene rings is 2. The van der Waals surface area contributed by atoms with E-state index in [4.69, 9.17) is 10.5 Å². The number of hydrogen-bond acceptors (Lipinski definition) is 5. The zero-order valence-corrected chi connectivity index (χ0v) is 16.8. The van der Waals surface area contributed by atoms with Crippen molar-refractivity contribution in [1.82, 2.24) is 10.2 Å². The molecule has 29 heavy (non-hydrogen) atoms. The molecular weight excluding hydrogens is 364 g/mol. The number of nitrogens with zero attached hydrogens (tertiary/aromatic N) is 2. The fraction of sp³-hybridized carbons (Fsp3) is 0.391. The third-order valence-electron chi connectivity index (χ3n) is 5.60. The minimum Gasteiger partial charge on any atom is -0.489 e. The zero-order chi connectivity index (χ0) is 20.2. The van der Waals surface area contributed by atoms with Gasteiger partial charge in [0.05, 0.1) is 6.04 Å². The number of hydrogen-bond donors (Lipinski definition) is 2. The van der Waals surface area contributed by atoms with Crippen molar-refractivity contribution in [1.29, 1.82) is 0 Å². The Hall–Kier alpha value is -2.86. The molecule has 2 atom stereocenters. The number of fused-ring (bicyclic) bond motifs is 6. The molecular formula is C23H28N4O2. The molecule has 0 aliphatic carbocycles. The van der Waals surface area contributed by atoms with Crippen LogP contribution in [0.3, 0.4) is 0 Å². The molecule has 6 nitrogen and oxygen atoms in total. The van der Waals surface area contributed by atoms with Crippen molar-refractivity contribution in [2.45, 2.75) is 31.4 Å². The maximum atomic E-state index is 12.7. The lowest BCUT2D eigenvalue weighted by Crippen LogP contribution is -2.41. The highest BCUT2D eigenvalue weighted by Gasteiger charge is 2.32. The van der Waals surface area contributed by atoms with Crippen LogP contribution < -0.4 is 15.8 Å². The predicted octanol–water partition coefficient (Wildman–Crippen LogP) is 2.72. The van der Waals surface area contributed by atoms with Crippen molar-refractivity contribution >= 4 is 17.8 Å². The predicted molar refractivity (Wildman–Crippen MR) is 116 cm³/mol. The van der Waals surface area contributed by atoms with E-state index in [1.54, 1.807) is 0 Å². The van der Waals surface area contributed by atoms with E-state index in [0.29, 0.717) is 25.2 Å². The first kappa shape index (κ1) is 19.5. The molecule has 1 amide bonds. The largest absolute Gasteiger partial charge is 0.489 e. The van der Waals surface area contributed by atoms with Crippen LogP contribution in [0.15, 0.2) is 47.5 Å². The highest BCUT2D eigenvalue weighted by atomic mass is 16.5. The van der Waals surface area contributed by atoms with Crippen LogP contribution in [0.4, 0.5) is 5.69 Å². The molecule has 0 radical (unpaired) electrons. The second-order valence-electron chi connectivity index (χ2n) is 7.77. The summed E-state index contributed by atoms with van der Waals surface area (Å²) in [5.41, 5.74) is 9.98. The zero-order valence-electron chi connectivity index (χ0n) is 16.8. The summed E-state index contributed by atoms with van der Waals surface area (Å²) < 4.78 is 6.20. The topological polar surface area (TPSA) is 79.9 Å². The van der Waals surface area contributed by atoms with Crippen molar-refractivity contribution < 1.29 is 9.53 Å². The third kappa shape index (κ3) is 4.43. The Labute approximate surface area is 171 Å². The highest BCUT2D eigenvalue weighted by Crippen LogP contribution is 2.30. The lowest BCUT2D eigenvalue weighted by atomic mass is 9.98. The summed E-state index contributed by atoms with van der Waals surface area (Å²) in [4.78, 5) is 19.1. The van der Waals surface area contributed by atoms with Crippen LogP contribution in [0.2, 0.25) is 0 Å².